The number of likely N-dealkylation sites (tertiary alicyclic amines) is 1. The summed E-state index contributed by atoms with van der Waals surface area (Å²) in [4.78, 5) is 26.1. The summed E-state index contributed by atoms with van der Waals surface area (Å²) in [5.74, 6) is -0.103. The number of hydrogen-bond donors (Lipinski definition) is 2. The SMILES string of the molecule is CC(C)(N)C(=O)N1CCC(C(=O)Nc2ccc(Br)cc2)CC1. The molecule has 0 saturated carbocycles. The molecule has 3 N–H and O–H groups in total. The van der Waals surface area contributed by atoms with Crippen LogP contribution in [0.15, 0.2) is 28.7 Å². The number of piperidine rings is 1. The Balaban J connectivity index is 1.87. The number of benzene rings is 1. The highest BCUT2D eigenvalue weighted by Gasteiger charge is 2.32. The molecule has 1 aromatic carbocycles. The Kier molecular flexibility index (Phi) is 5.24. The van der Waals surface area contributed by atoms with E-state index in [1.165, 1.54) is 0 Å². The lowest BCUT2D eigenvalue weighted by atomic mass is 9.94. The molecular formula is C16H22BrN3O2. The summed E-state index contributed by atoms with van der Waals surface area (Å²) in [5, 5.41) is 2.93. The van der Waals surface area contributed by atoms with Crippen LogP contribution in [0.2, 0.25) is 0 Å². The maximum Gasteiger partial charge on any atom is 0.242 e. The Morgan fingerprint density at radius 2 is 1.77 bits per heavy atom. The molecule has 1 aliphatic heterocycles. The molecule has 6 heteroatoms. The first-order valence-electron chi connectivity index (χ1n) is 7.42. The van der Waals surface area contributed by atoms with Gasteiger partial charge in [0.2, 0.25) is 11.8 Å². The molecule has 1 aliphatic rings. The minimum absolute atomic E-state index is 0.0152. The summed E-state index contributed by atoms with van der Waals surface area (Å²) < 4.78 is 0.974. The maximum atomic E-state index is 12.3. The van der Waals surface area contributed by atoms with Crippen molar-refractivity contribution in [3.05, 3.63) is 28.7 Å². The molecule has 1 heterocycles. The highest BCUT2D eigenvalue weighted by molar-refractivity contribution is 9.10. The Labute approximate surface area is 139 Å². The third-order valence-electron chi connectivity index (χ3n) is 3.82. The number of hydrogen-bond acceptors (Lipinski definition) is 3. The molecule has 1 aromatic rings. The molecule has 5 nitrogen and oxygen atoms in total. The fourth-order valence-corrected chi connectivity index (χ4v) is 2.79. The van der Waals surface area contributed by atoms with Crippen LogP contribution in [0.3, 0.4) is 0 Å². The quantitative estimate of drug-likeness (QED) is 0.860. The van der Waals surface area contributed by atoms with Crippen molar-refractivity contribution < 1.29 is 9.59 Å². The molecule has 2 amide bonds. The number of nitrogens with one attached hydrogen (secondary N) is 1. The van der Waals surface area contributed by atoms with Crippen LogP contribution in [-0.2, 0) is 9.59 Å². The predicted octanol–water partition coefficient (Wildman–Crippen LogP) is 2.36. The highest BCUT2D eigenvalue weighted by Crippen LogP contribution is 2.22. The maximum absolute atomic E-state index is 12.3. The first-order chi connectivity index (χ1) is 10.3. The van der Waals surface area contributed by atoms with E-state index in [-0.39, 0.29) is 17.7 Å². The molecule has 0 radical (unpaired) electrons. The van der Waals surface area contributed by atoms with Crippen LogP contribution in [0, 0.1) is 5.92 Å². The van der Waals surface area contributed by atoms with Crippen LogP contribution >= 0.6 is 15.9 Å². The van der Waals surface area contributed by atoms with E-state index >= 15 is 0 Å². The number of nitrogens with zero attached hydrogens (tertiary/aromatic N) is 1. The van der Waals surface area contributed by atoms with Crippen molar-refractivity contribution in [3.8, 4) is 0 Å². The summed E-state index contributed by atoms with van der Waals surface area (Å²) in [6.45, 7) is 4.58. The molecule has 0 unspecified atom stereocenters. The second-order valence-electron chi connectivity index (χ2n) is 6.28. The number of carbonyl (C=O) groups excluding carboxylic acids is 2. The first kappa shape index (κ1) is 17.0. The fraction of sp³-hybridized carbons (Fsp3) is 0.500. The predicted molar refractivity (Wildman–Crippen MR) is 90.3 cm³/mol. The average Bonchev–Trinajstić information content (AvgIpc) is 2.48. The van der Waals surface area contributed by atoms with E-state index in [0.717, 1.165) is 10.2 Å². The van der Waals surface area contributed by atoms with Gasteiger partial charge < -0.3 is 16.0 Å². The molecule has 0 aliphatic carbocycles. The van der Waals surface area contributed by atoms with Crippen molar-refractivity contribution in [3.63, 3.8) is 0 Å². The van der Waals surface area contributed by atoms with E-state index in [1.54, 1.807) is 18.7 Å². The molecule has 1 fully saturated rings. The first-order valence-corrected chi connectivity index (χ1v) is 8.21. The van der Waals surface area contributed by atoms with Gasteiger partial charge in [-0.25, -0.2) is 0 Å². The summed E-state index contributed by atoms with van der Waals surface area (Å²) in [5.41, 5.74) is 5.78. The number of anilines is 1. The molecule has 120 valence electrons. The molecule has 0 aromatic heterocycles. The van der Waals surface area contributed by atoms with Gasteiger partial charge in [0.1, 0.15) is 0 Å². The average molecular weight is 368 g/mol. The molecule has 0 atom stereocenters. The van der Waals surface area contributed by atoms with E-state index in [1.807, 2.05) is 24.3 Å². The number of halogens is 1. The third-order valence-corrected chi connectivity index (χ3v) is 4.34. The zero-order valence-corrected chi connectivity index (χ0v) is 14.5. The highest BCUT2D eigenvalue weighted by atomic mass is 79.9. The molecule has 1 saturated heterocycles. The number of rotatable bonds is 3. The Hall–Kier alpha value is -1.40. The minimum Gasteiger partial charge on any atom is -0.341 e. The van der Waals surface area contributed by atoms with Gasteiger partial charge in [-0.3, -0.25) is 9.59 Å². The van der Waals surface area contributed by atoms with E-state index in [2.05, 4.69) is 21.2 Å². The summed E-state index contributed by atoms with van der Waals surface area (Å²) in [6.07, 6.45) is 1.34. The van der Waals surface area contributed by atoms with Gasteiger partial charge in [0, 0.05) is 29.2 Å². The molecule has 2 rings (SSSR count). The van der Waals surface area contributed by atoms with Gasteiger partial charge in [-0.1, -0.05) is 15.9 Å². The van der Waals surface area contributed by atoms with E-state index in [0.29, 0.717) is 25.9 Å². The van der Waals surface area contributed by atoms with Crippen molar-refractivity contribution >= 4 is 33.4 Å². The second-order valence-corrected chi connectivity index (χ2v) is 7.20. The monoisotopic (exact) mass is 367 g/mol. The summed E-state index contributed by atoms with van der Waals surface area (Å²) in [6, 6.07) is 7.50. The molecule has 0 spiro atoms. The van der Waals surface area contributed by atoms with Gasteiger partial charge in [0.25, 0.3) is 0 Å². The van der Waals surface area contributed by atoms with Gasteiger partial charge in [-0.05, 0) is 51.0 Å². The standard InChI is InChI=1S/C16H22BrN3O2/c1-16(2,18)15(22)20-9-7-11(8-10-20)14(21)19-13-5-3-12(17)4-6-13/h3-6,11H,7-10,18H2,1-2H3,(H,19,21). The zero-order valence-electron chi connectivity index (χ0n) is 12.9. The van der Waals surface area contributed by atoms with Gasteiger partial charge in [-0.2, -0.15) is 0 Å². The number of nitrogens with two attached hydrogens (primary N) is 1. The van der Waals surface area contributed by atoms with Crippen molar-refractivity contribution in [2.45, 2.75) is 32.2 Å². The summed E-state index contributed by atoms with van der Waals surface area (Å²) >= 11 is 3.36. The lowest BCUT2D eigenvalue weighted by Gasteiger charge is -2.35. The summed E-state index contributed by atoms with van der Waals surface area (Å²) in [7, 11) is 0. The Morgan fingerprint density at radius 1 is 1.23 bits per heavy atom. The lowest BCUT2D eigenvalue weighted by Crippen LogP contribution is -2.53. The van der Waals surface area contributed by atoms with E-state index < -0.39 is 5.54 Å². The second kappa shape index (κ2) is 6.79. The van der Waals surface area contributed by atoms with Gasteiger partial charge in [-0.15, -0.1) is 0 Å². The van der Waals surface area contributed by atoms with Crippen LogP contribution < -0.4 is 11.1 Å². The van der Waals surface area contributed by atoms with Crippen LogP contribution in [0.4, 0.5) is 5.69 Å². The van der Waals surface area contributed by atoms with Crippen molar-refractivity contribution in [1.29, 1.82) is 0 Å². The number of carbonyl (C=O) groups is 2. The lowest BCUT2D eigenvalue weighted by molar-refractivity contribution is -0.138. The van der Waals surface area contributed by atoms with E-state index in [9.17, 15) is 9.59 Å². The molecular weight excluding hydrogens is 346 g/mol. The van der Waals surface area contributed by atoms with Crippen LogP contribution in [0.25, 0.3) is 0 Å². The topological polar surface area (TPSA) is 75.4 Å². The van der Waals surface area contributed by atoms with Crippen LogP contribution in [-0.4, -0.2) is 35.3 Å². The smallest absolute Gasteiger partial charge is 0.242 e. The van der Waals surface area contributed by atoms with Crippen LogP contribution in [0.1, 0.15) is 26.7 Å². The molecule has 22 heavy (non-hydrogen) atoms. The van der Waals surface area contributed by atoms with Crippen molar-refractivity contribution in [1.82, 2.24) is 4.90 Å². The third kappa shape index (κ3) is 4.30. The van der Waals surface area contributed by atoms with Crippen molar-refractivity contribution in [2.75, 3.05) is 18.4 Å². The van der Waals surface area contributed by atoms with E-state index in [4.69, 9.17) is 5.73 Å². The minimum atomic E-state index is -0.855. The van der Waals surface area contributed by atoms with Gasteiger partial charge in [0.15, 0.2) is 0 Å². The zero-order chi connectivity index (χ0) is 16.3. The number of amides is 2. The normalized spacial score (nSPS) is 16.5. The largest absolute Gasteiger partial charge is 0.341 e. The Morgan fingerprint density at radius 3 is 2.27 bits per heavy atom. The fourth-order valence-electron chi connectivity index (χ4n) is 2.53. The molecule has 0 bridgehead atoms. The van der Waals surface area contributed by atoms with Crippen molar-refractivity contribution in [2.24, 2.45) is 11.7 Å². The van der Waals surface area contributed by atoms with Crippen LogP contribution in [0.5, 0.6) is 0 Å². The Bertz CT molecular complexity index is 544. The van der Waals surface area contributed by atoms with Gasteiger partial charge >= 0.3 is 0 Å². The van der Waals surface area contributed by atoms with Gasteiger partial charge in [0.05, 0.1) is 5.54 Å².